The zero-order chi connectivity index (χ0) is 10.7. The molecule has 0 atom stereocenters. The lowest BCUT2D eigenvalue weighted by molar-refractivity contribution is 0.415. The number of rotatable bonds is 2. The van der Waals surface area contributed by atoms with Crippen molar-refractivity contribution >= 4 is 0 Å². The Bertz CT molecular complexity index is 469. The van der Waals surface area contributed by atoms with Crippen LogP contribution >= 0.6 is 0 Å². The molecular weight excluding hydrogens is 190 g/mol. The molecule has 76 valence electrons. The summed E-state index contributed by atoms with van der Waals surface area (Å²) < 4.78 is 5.20. The monoisotopic (exact) mass is 201 g/mol. The van der Waals surface area contributed by atoms with Gasteiger partial charge >= 0.3 is 0 Å². The molecule has 0 saturated carbocycles. The minimum Gasteiger partial charge on any atom is -0.508 e. The molecule has 0 bridgehead atoms. The summed E-state index contributed by atoms with van der Waals surface area (Å²) in [5, 5.41) is 9.37. The minimum absolute atomic E-state index is 0.222. The zero-order valence-corrected chi connectivity index (χ0v) is 8.34. The third-order valence-electron chi connectivity index (χ3n) is 2.11. The SMILES string of the molecule is COc1cccnc1-c1cccc(O)c1. The topological polar surface area (TPSA) is 42.4 Å². The summed E-state index contributed by atoms with van der Waals surface area (Å²) in [5.74, 6) is 0.920. The zero-order valence-electron chi connectivity index (χ0n) is 8.34. The van der Waals surface area contributed by atoms with E-state index in [1.165, 1.54) is 0 Å². The van der Waals surface area contributed by atoms with Gasteiger partial charge in [0, 0.05) is 11.8 Å². The van der Waals surface area contributed by atoms with E-state index in [4.69, 9.17) is 4.74 Å². The standard InChI is InChI=1S/C12H11NO2/c1-15-11-6-3-7-13-12(11)9-4-2-5-10(14)8-9/h2-8,14H,1H3. The normalized spacial score (nSPS) is 9.93. The third kappa shape index (κ3) is 1.91. The fourth-order valence-corrected chi connectivity index (χ4v) is 1.43. The van der Waals surface area contributed by atoms with Crippen molar-refractivity contribution in [1.29, 1.82) is 0 Å². The van der Waals surface area contributed by atoms with Crippen molar-refractivity contribution in [2.75, 3.05) is 7.11 Å². The predicted octanol–water partition coefficient (Wildman–Crippen LogP) is 2.46. The summed E-state index contributed by atoms with van der Waals surface area (Å²) in [5.41, 5.74) is 1.57. The van der Waals surface area contributed by atoms with Crippen molar-refractivity contribution < 1.29 is 9.84 Å². The Morgan fingerprint density at radius 2 is 2.07 bits per heavy atom. The average molecular weight is 201 g/mol. The number of nitrogens with zero attached hydrogens (tertiary/aromatic N) is 1. The van der Waals surface area contributed by atoms with Gasteiger partial charge in [0.25, 0.3) is 0 Å². The molecular formula is C12H11NO2. The lowest BCUT2D eigenvalue weighted by Gasteiger charge is -2.06. The van der Waals surface area contributed by atoms with E-state index in [1.54, 1.807) is 31.5 Å². The first-order chi connectivity index (χ1) is 7.31. The number of phenols is 1. The summed E-state index contributed by atoms with van der Waals surface area (Å²) in [6, 6.07) is 10.6. The van der Waals surface area contributed by atoms with Crippen LogP contribution in [0.15, 0.2) is 42.6 Å². The van der Waals surface area contributed by atoms with E-state index in [1.807, 2.05) is 18.2 Å². The van der Waals surface area contributed by atoms with Gasteiger partial charge in [-0.1, -0.05) is 12.1 Å². The van der Waals surface area contributed by atoms with Gasteiger partial charge in [-0.2, -0.15) is 0 Å². The molecule has 3 nitrogen and oxygen atoms in total. The smallest absolute Gasteiger partial charge is 0.145 e. The first-order valence-corrected chi connectivity index (χ1v) is 4.59. The van der Waals surface area contributed by atoms with Crippen LogP contribution in [-0.4, -0.2) is 17.2 Å². The van der Waals surface area contributed by atoms with Crippen LogP contribution in [-0.2, 0) is 0 Å². The highest BCUT2D eigenvalue weighted by Gasteiger charge is 2.06. The number of phenolic OH excluding ortho intramolecular Hbond substituents is 1. The van der Waals surface area contributed by atoms with E-state index in [-0.39, 0.29) is 5.75 Å². The van der Waals surface area contributed by atoms with Gasteiger partial charge in [-0.15, -0.1) is 0 Å². The van der Waals surface area contributed by atoms with Crippen molar-refractivity contribution in [2.24, 2.45) is 0 Å². The number of benzene rings is 1. The molecule has 0 fully saturated rings. The summed E-state index contributed by atoms with van der Waals surface area (Å²) in [6.07, 6.45) is 1.70. The second-order valence-electron chi connectivity index (χ2n) is 3.10. The van der Waals surface area contributed by atoms with Gasteiger partial charge in [0.05, 0.1) is 7.11 Å². The van der Waals surface area contributed by atoms with Crippen LogP contribution in [0.5, 0.6) is 11.5 Å². The van der Waals surface area contributed by atoms with Crippen LogP contribution in [0.25, 0.3) is 11.3 Å². The Hall–Kier alpha value is -2.03. The molecule has 0 spiro atoms. The molecule has 2 rings (SSSR count). The highest BCUT2D eigenvalue weighted by atomic mass is 16.5. The van der Waals surface area contributed by atoms with Crippen LogP contribution < -0.4 is 4.74 Å². The van der Waals surface area contributed by atoms with Crippen LogP contribution in [0.4, 0.5) is 0 Å². The highest BCUT2D eigenvalue weighted by Crippen LogP contribution is 2.28. The number of aromatic hydroxyl groups is 1. The molecule has 0 saturated heterocycles. The molecule has 0 unspecified atom stereocenters. The van der Waals surface area contributed by atoms with Crippen LogP contribution in [0, 0.1) is 0 Å². The first-order valence-electron chi connectivity index (χ1n) is 4.59. The van der Waals surface area contributed by atoms with Crippen molar-refractivity contribution in [3.05, 3.63) is 42.6 Å². The number of ether oxygens (including phenoxy) is 1. The summed E-state index contributed by atoms with van der Waals surface area (Å²) >= 11 is 0. The number of hydrogen-bond donors (Lipinski definition) is 1. The Labute approximate surface area is 88.0 Å². The van der Waals surface area contributed by atoms with Crippen molar-refractivity contribution in [3.63, 3.8) is 0 Å². The second-order valence-corrected chi connectivity index (χ2v) is 3.10. The van der Waals surface area contributed by atoms with Gasteiger partial charge < -0.3 is 9.84 Å². The molecule has 15 heavy (non-hydrogen) atoms. The van der Waals surface area contributed by atoms with Gasteiger partial charge in [0.15, 0.2) is 0 Å². The molecule has 1 aromatic heterocycles. The molecule has 0 aliphatic rings. The fourth-order valence-electron chi connectivity index (χ4n) is 1.43. The molecule has 0 aliphatic heterocycles. The first kappa shape index (κ1) is 9.52. The van der Waals surface area contributed by atoms with E-state index in [0.29, 0.717) is 5.75 Å². The van der Waals surface area contributed by atoms with Gasteiger partial charge in [-0.3, -0.25) is 4.98 Å². The minimum atomic E-state index is 0.222. The van der Waals surface area contributed by atoms with E-state index >= 15 is 0 Å². The third-order valence-corrected chi connectivity index (χ3v) is 2.11. The number of aromatic nitrogens is 1. The van der Waals surface area contributed by atoms with E-state index in [2.05, 4.69) is 4.98 Å². The van der Waals surface area contributed by atoms with Gasteiger partial charge in [-0.25, -0.2) is 0 Å². The van der Waals surface area contributed by atoms with Crippen molar-refractivity contribution in [1.82, 2.24) is 4.98 Å². The Kier molecular flexibility index (Phi) is 2.54. The summed E-state index contributed by atoms with van der Waals surface area (Å²) in [7, 11) is 1.60. The van der Waals surface area contributed by atoms with Crippen LogP contribution in [0.1, 0.15) is 0 Å². The average Bonchev–Trinajstić information content (AvgIpc) is 2.29. The second kappa shape index (κ2) is 4.00. The molecule has 0 aliphatic carbocycles. The van der Waals surface area contributed by atoms with Gasteiger partial charge in [0.2, 0.25) is 0 Å². The van der Waals surface area contributed by atoms with E-state index in [0.717, 1.165) is 11.3 Å². The fraction of sp³-hybridized carbons (Fsp3) is 0.0833. The molecule has 2 aromatic rings. The highest BCUT2D eigenvalue weighted by molar-refractivity contribution is 5.67. The lowest BCUT2D eigenvalue weighted by Crippen LogP contribution is -1.90. The Morgan fingerprint density at radius 1 is 1.20 bits per heavy atom. The van der Waals surface area contributed by atoms with Crippen molar-refractivity contribution in [2.45, 2.75) is 0 Å². The number of methoxy groups -OCH3 is 1. The van der Waals surface area contributed by atoms with E-state index in [9.17, 15) is 5.11 Å². The molecule has 1 N–H and O–H groups in total. The maximum atomic E-state index is 9.37. The van der Waals surface area contributed by atoms with Crippen LogP contribution in [0.3, 0.4) is 0 Å². The van der Waals surface area contributed by atoms with E-state index < -0.39 is 0 Å². The van der Waals surface area contributed by atoms with Gasteiger partial charge in [-0.05, 0) is 24.3 Å². The van der Waals surface area contributed by atoms with Crippen molar-refractivity contribution in [3.8, 4) is 22.8 Å². The predicted molar refractivity (Wildman–Crippen MR) is 57.9 cm³/mol. The molecule has 0 amide bonds. The van der Waals surface area contributed by atoms with Gasteiger partial charge in [0.1, 0.15) is 17.2 Å². The molecule has 3 heteroatoms. The number of hydrogen-bond acceptors (Lipinski definition) is 3. The quantitative estimate of drug-likeness (QED) is 0.811. The Balaban J connectivity index is 2.53. The molecule has 1 heterocycles. The summed E-state index contributed by atoms with van der Waals surface area (Å²) in [4.78, 5) is 4.22. The number of pyridine rings is 1. The van der Waals surface area contributed by atoms with Crippen LogP contribution in [0.2, 0.25) is 0 Å². The largest absolute Gasteiger partial charge is 0.508 e. The maximum absolute atomic E-state index is 9.37. The summed E-state index contributed by atoms with van der Waals surface area (Å²) in [6.45, 7) is 0. The molecule has 1 aromatic carbocycles. The maximum Gasteiger partial charge on any atom is 0.145 e. The Morgan fingerprint density at radius 3 is 2.80 bits per heavy atom. The molecule has 0 radical (unpaired) electrons. The lowest BCUT2D eigenvalue weighted by atomic mass is 10.1.